The fourth-order valence-corrected chi connectivity index (χ4v) is 3.37. The maximum absolute atomic E-state index is 12.4. The third-order valence-corrected chi connectivity index (χ3v) is 5.00. The number of furan rings is 1. The first-order chi connectivity index (χ1) is 14.8. The Hall–Kier alpha value is -2.07. The van der Waals surface area contributed by atoms with Gasteiger partial charge in [0.2, 0.25) is 0 Å². The molecule has 1 saturated heterocycles. The van der Waals surface area contributed by atoms with Gasteiger partial charge in [0.05, 0.1) is 12.9 Å². The molecule has 3 rings (SSSR count). The second kappa shape index (κ2) is 14.1. The van der Waals surface area contributed by atoms with Crippen LogP contribution >= 0.6 is 24.0 Å². The van der Waals surface area contributed by atoms with Crippen molar-refractivity contribution in [3.05, 3.63) is 60.1 Å². The molecule has 1 aliphatic rings. The number of amides is 1. The highest BCUT2D eigenvalue weighted by Gasteiger charge is 2.25. The molecule has 2 heterocycles. The highest BCUT2D eigenvalue weighted by atomic mass is 127. The van der Waals surface area contributed by atoms with E-state index in [1.54, 1.807) is 12.1 Å². The lowest BCUT2D eigenvalue weighted by Gasteiger charge is -2.36. The van der Waals surface area contributed by atoms with Gasteiger partial charge >= 0.3 is 0 Å². The number of carbonyl (C=O) groups excluding carboxylic acids is 1. The van der Waals surface area contributed by atoms with Crippen molar-refractivity contribution in [2.24, 2.45) is 4.99 Å². The number of unbranched alkanes of at least 4 members (excludes halogenated alkanes) is 1. The lowest BCUT2D eigenvalue weighted by Crippen LogP contribution is -2.53. The van der Waals surface area contributed by atoms with Gasteiger partial charge in [-0.15, -0.1) is 24.0 Å². The van der Waals surface area contributed by atoms with Crippen molar-refractivity contribution in [3.8, 4) is 0 Å². The maximum Gasteiger partial charge on any atom is 0.289 e. The predicted octanol–water partition coefficient (Wildman–Crippen LogP) is 3.62. The number of hydrogen-bond donors (Lipinski definition) is 1. The molecule has 0 saturated carbocycles. The van der Waals surface area contributed by atoms with Crippen LogP contribution in [0.15, 0.2) is 58.1 Å². The number of ether oxygens (including phenoxy) is 1. The van der Waals surface area contributed by atoms with Gasteiger partial charge in [-0.3, -0.25) is 9.79 Å². The Labute approximate surface area is 201 Å². The molecular formula is C23H33IN4O3. The number of halogens is 1. The van der Waals surface area contributed by atoms with Crippen molar-refractivity contribution in [1.29, 1.82) is 0 Å². The van der Waals surface area contributed by atoms with Gasteiger partial charge in [0.25, 0.3) is 5.91 Å². The third-order valence-electron chi connectivity index (χ3n) is 5.00. The molecule has 1 fully saturated rings. The number of nitrogens with one attached hydrogen (secondary N) is 1. The van der Waals surface area contributed by atoms with Gasteiger partial charge in [-0.05, 0) is 37.5 Å². The molecule has 31 heavy (non-hydrogen) atoms. The van der Waals surface area contributed by atoms with Crippen LogP contribution in [-0.2, 0) is 11.3 Å². The number of rotatable bonds is 9. The molecule has 1 aromatic heterocycles. The fraction of sp³-hybridized carbons (Fsp3) is 0.478. The second-order valence-electron chi connectivity index (χ2n) is 7.24. The van der Waals surface area contributed by atoms with Crippen molar-refractivity contribution in [2.75, 3.05) is 45.9 Å². The molecule has 7 nitrogen and oxygen atoms in total. The molecular weight excluding hydrogens is 507 g/mol. The molecule has 0 unspecified atom stereocenters. The Kier molecular flexibility index (Phi) is 11.4. The molecule has 0 aliphatic carbocycles. The first-order valence-electron chi connectivity index (χ1n) is 10.8. The normalized spacial score (nSPS) is 14.3. The van der Waals surface area contributed by atoms with Gasteiger partial charge in [0, 0.05) is 45.9 Å². The van der Waals surface area contributed by atoms with Crippen LogP contribution in [0.5, 0.6) is 0 Å². The van der Waals surface area contributed by atoms with E-state index in [4.69, 9.17) is 14.1 Å². The lowest BCUT2D eigenvalue weighted by atomic mass is 10.2. The molecule has 0 radical (unpaired) electrons. The van der Waals surface area contributed by atoms with Crippen LogP contribution in [0.1, 0.15) is 35.9 Å². The summed E-state index contributed by atoms with van der Waals surface area (Å²) in [6, 6.07) is 13.7. The number of aliphatic imine (C=N–C) groups is 1. The lowest BCUT2D eigenvalue weighted by molar-refractivity contribution is 0.0657. The van der Waals surface area contributed by atoms with E-state index < -0.39 is 0 Å². The zero-order chi connectivity index (χ0) is 21.0. The second-order valence-corrected chi connectivity index (χ2v) is 7.24. The first kappa shape index (κ1) is 25.2. The SMILES string of the molecule is CCNC(=NCCCCOCc1ccccc1)N1CCN(C(=O)c2ccco2)CC1.I. The summed E-state index contributed by atoms with van der Waals surface area (Å²) in [6.07, 6.45) is 3.51. The van der Waals surface area contributed by atoms with E-state index >= 15 is 0 Å². The van der Waals surface area contributed by atoms with Crippen molar-refractivity contribution in [1.82, 2.24) is 15.1 Å². The van der Waals surface area contributed by atoms with Crippen LogP contribution in [-0.4, -0.2) is 67.5 Å². The monoisotopic (exact) mass is 540 g/mol. The maximum atomic E-state index is 12.4. The van der Waals surface area contributed by atoms with Gasteiger partial charge in [-0.25, -0.2) is 0 Å². The highest BCUT2D eigenvalue weighted by Crippen LogP contribution is 2.10. The van der Waals surface area contributed by atoms with Gasteiger partial charge < -0.3 is 24.3 Å². The zero-order valence-electron chi connectivity index (χ0n) is 18.2. The molecule has 1 N–H and O–H groups in total. The minimum atomic E-state index is -0.0444. The number of hydrogen-bond acceptors (Lipinski definition) is 4. The predicted molar refractivity (Wildman–Crippen MR) is 133 cm³/mol. The Balaban J connectivity index is 0.00000341. The van der Waals surface area contributed by atoms with Gasteiger partial charge in [0.15, 0.2) is 11.7 Å². The smallest absolute Gasteiger partial charge is 0.289 e. The van der Waals surface area contributed by atoms with Crippen LogP contribution in [0.3, 0.4) is 0 Å². The van der Waals surface area contributed by atoms with Crippen LogP contribution in [0, 0.1) is 0 Å². The van der Waals surface area contributed by atoms with Crippen molar-refractivity contribution in [3.63, 3.8) is 0 Å². The van der Waals surface area contributed by atoms with Crippen molar-refractivity contribution < 1.29 is 13.9 Å². The summed E-state index contributed by atoms with van der Waals surface area (Å²) in [7, 11) is 0. The van der Waals surface area contributed by atoms with Crippen LogP contribution in [0.2, 0.25) is 0 Å². The Morgan fingerprint density at radius 1 is 1.06 bits per heavy atom. The van der Waals surface area contributed by atoms with E-state index in [0.717, 1.165) is 51.6 Å². The average Bonchev–Trinajstić information content (AvgIpc) is 3.33. The molecule has 2 aromatic rings. The van der Waals surface area contributed by atoms with E-state index in [1.807, 2.05) is 23.1 Å². The summed E-state index contributed by atoms with van der Waals surface area (Å²) >= 11 is 0. The quantitative estimate of drug-likeness (QED) is 0.228. The number of guanidine groups is 1. The molecule has 0 spiro atoms. The number of benzene rings is 1. The summed E-state index contributed by atoms with van der Waals surface area (Å²) in [5, 5.41) is 3.37. The van der Waals surface area contributed by atoms with E-state index in [1.165, 1.54) is 11.8 Å². The molecule has 0 bridgehead atoms. The van der Waals surface area contributed by atoms with Crippen LogP contribution in [0.25, 0.3) is 0 Å². The largest absolute Gasteiger partial charge is 0.459 e. The standard InChI is InChI=1S/C23H32N4O3.HI/c1-2-24-23(25-12-6-7-17-29-19-20-9-4-3-5-10-20)27-15-13-26(14-16-27)22(28)21-11-8-18-30-21;/h3-5,8-11,18H,2,6-7,12-17,19H2,1H3,(H,24,25);1H. The molecule has 170 valence electrons. The fourth-order valence-electron chi connectivity index (χ4n) is 3.37. The minimum absolute atomic E-state index is 0. The van der Waals surface area contributed by atoms with Crippen LogP contribution < -0.4 is 5.32 Å². The molecule has 1 aliphatic heterocycles. The summed E-state index contributed by atoms with van der Waals surface area (Å²) in [5.74, 6) is 1.28. The zero-order valence-corrected chi connectivity index (χ0v) is 20.5. The van der Waals surface area contributed by atoms with E-state index in [9.17, 15) is 4.79 Å². The van der Waals surface area contributed by atoms with E-state index in [-0.39, 0.29) is 29.9 Å². The van der Waals surface area contributed by atoms with E-state index in [2.05, 4.69) is 29.3 Å². The number of piperazine rings is 1. The summed E-state index contributed by atoms with van der Waals surface area (Å²) in [5.41, 5.74) is 1.20. The summed E-state index contributed by atoms with van der Waals surface area (Å²) in [6.45, 7) is 7.92. The number of carbonyl (C=O) groups is 1. The third kappa shape index (κ3) is 8.17. The Morgan fingerprint density at radius 3 is 2.48 bits per heavy atom. The number of nitrogens with zero attached hydrogens (tertiary/aromatic N) is 3. The Bertz CT molecular complexity index is 775. The molecule has 8 heteroatoms. The van der Waals surface area contributed by atoms with E-state index in [0.29, 0.717) is 25.5 Å². The summed E-state index contributed by atoms with van der Waals surface area (Å²) in [4.78, 5) is 21.2. The van der Waals surface area contributed by atoms with Gasteiger partial charge in [0.1, 0.15) is 0 Å². The Morgan fingerprint density at radius 2 is 1.81 bits per heavy atom. The van der Waals surface area contributed by atoms with Crippen LogP contribution in [0.4, 0.5) is 0 Å². The minimum Gasteiger partial charge on any atom is -0.459 e. The molecule has 1 amide bonds. The first-order valence-corrected chi connectivity index (χ1v) is 10.8. The van der Waals surface area contributed by atoms with Gasteiger partial charge in [-0.2, -0.15) is 0 Å². The van der Waals surface area contributed by atoms with Crippen molar-refractivity contribution in [2.45, 2.75) is 26.4 Å². The topological polar surface area (TPSA) is 70.3 Å². The summed E-state index contributed by atoms with van der Waals surface area (Å²) < 4.78 is 11.0. The van der Waals surface area contributed by atoms with Gasteiger partial charge in [-0.1, -0.05) is 30.3 Å². The highest BCUT2D eigenvalue weighted by molar-refractivity contribution is 14.0. The molecule has 1 aromatic carbocycles. The average molecular weight is 540 g/mol. The van der Waals surface area contributed by atoms with Crippen molar-refractivity contribution >= 4 is 35.8 Å². The molecule has 0 atom stereocenters.